The second kappa shape index (κ2) is 7.39. The Hall–Kier alpha value is -2.27. The first-order chi connectivity index (χ1) is 13.1. The second-order valence-corrected chi connectivity index (χ2v) is 7.90. The van der Waals surface area contributed by atoms with Gasteiger partial charge in [-0.1, -0.05) is 6.07 Å². The number of hydrogen-bond donors (Lipinski definition) is 0. The number of carbonyl (C=O) groups is 1. The summed E-state index contributed by atoms with van der Waals surface area (Å²) in [5.41, 5.74) is 2.56. The van der Waals surface area contributed by atoms with Gasteiger partial charge in [0.1, 0.15) is 5.82 Å². The van der Waals surface area contributed by atoms with Crippen LogP contribution in [0.1, 0.15) is 37.1 Å². The van der Waals surface area contributed by atoms with Crippen LogP contribution in [0.3, 0.4) is 0 Å². The molecule has 0 N–H and O–H groups in total. The van der Waals surface area contributed by atoms with Crippen molar-refractivity contribution in [2.45, 2.75) is 39.2 Å². The predicted octanol–water partition coefficient (Wildman–Crippen LogP) is 3.94. The van der Waals surface area contributed by atoms with Gasteiger partial charge in [-0.15, -0.1) is 0 Å². The molecule has 2 aliphatic heterocycles. The molecule has 4 rings (SSSR count). The number of anilines is 1. The van der Waals surface area contributed by atoms with E-state index in [1.807, 2.05) is 24.0 Å². The van der Waals surface area contributed by atoms with Crippen molar-refractivity contribution in [1.29, 1.82) is 0 Å². The van der Waals surface area contributed by atoms with Gasteiger partial charge in [-0.05, 0) is 75.5 Å². The molecule has 0 bridgehead atoms. The maximum absolute atomic E-state index is 13.4. The van der Waals surface area contributed by atoms with Crippen molar-refractivity contribution >= 4 is 11.6 Å². The van der Waals surface area contributed by atoms with E-state index in [-0.39, 0.29) is 17.1 Å². The lowest BCUT2D eigenvalue weighted by Crippen LogP contribution is -2.56. The number of benzene rings is 1. The molecule has 3 heterocycles. The Morgan fingerprint density at radius 2 is 1.81 bits per heavy atom. The molecule has 1 amide bonds. The normalized spacial score (nSPS) is 23.8. The summed E-state index contributed by atoms with van der Waals surface area (Å²) in [5, 5.41) is 0. The highest BCUT2D eigenvalue weighted by Crippen LogP contribution is 2.41. The fraction of sp³-hybridized carbons (Fsp3) is 0.455. The Morgan fingerprint density at radius 1 is 1.07 bits per heavy atom. The van der Waals surface area contributed by atoms with Gasteiger partial charge in [0.2, 0.25) is 5.91 Å². The van der Waals surface area contributed by atoms with Crippen molar-refractivity contribution in [2.75, 3.05) is 24.5 Å². The summed E-state index contributed by atoms with van der Waals surface area (Å²) in [6.07, 6.45) is 3.87. The minimum atomic E-state index is -0.325. The van der Waals surface area contributed by atoms with Gasteiger partial charge in [0.25, 0.3) is 0 Å². The lowest BCUT2D eigenvalue weighted by molar-refractivity contribution is -0.134. The van der Waals surface area contributed by atoms with E-state index >= 15 is 0 Å². The maximum Gasteiger partial charge on any atom is 0.234 e. The number of piperidine rings is 2. The lowest BCUT2D eigenvalue weighted by atomic mass is 9.72. The fourth-order valence-electron chi connectivity index (χ4n) is 4.60. The number of aryl methyl sites for hydroxylation is 1. The Kier molecular flexibility index (Phi) is 4.96. The highest BCUT2D eigenvalue weighted by molar-refractivity contribution is 5.98. The van der Waals surface area contributed by atoms with E-state index < -0.39 is 0 Å². The summed E-state index contributed by atoms with van der Waals surface area (Å²) in [4.78, 5) is 22.3. The van der Waals surface area contributed by atoms with Crippen LogP contribution in [0.5, 0.6) is 0 Å². The first-order valence-corrected chi connectivity index (χ1v) is 9.78. The molecule has 27 heavy (non-hydrogen) atoms. The monoisotopic (exact) mass is 367 g/mol. The van der Waals surface area contributed by atoms with Crippen LogP contribution in [-0.4, -0.2) is 35.4 Å². The van der Waals surface area contributed by atoms with Crippen LogP contribution >= 0.6 is 0 Å². The molecular formula is C22H26FN3O. The first-order valence-electron chi connectivity index (χ1n) is 9.78. The average Bonchev–Trinajstić information content (AvgIpc) is 2.65. The zero-order valence-electron chi connectivity index (χ0n) is 15.8. The molecule has 2 aliphatic rings. The largest absolute Gasteiger partial charge is 0.312 e. The van der Waals surface area contributed by atoms with Crippen molar-refractivity contribution in [2.24, 2.45) is 5.41 Å². The van der Waals surface area contributed by atoms with Crippen molar-refractivity contribution in [3.63, 3.8) is 0 Å². The molecule has 0 radical (unpaired) electrons. The molecule has 1 spiro atoms. The number of nitrogens with zero attached hydrogens (tertiary/aromatic N) is 3. The number of rotatable bonds is 3. The number of halogens is 1. The standard InChI is InChI=1S/C22H26FN3O/c1-17-5-2-6-19(24-17)15-25-13-3-11-22(16-25)12-4-14-26(21(22)27)20-9-7-18(23)8-10-20/h2,5-10H,3-4,11-16H2,1H3. The van der Waals surface area contributed by atoms with Gasteiger partial charge in [-0.3, -0.25) is 14.7 Å². The van der Waals surface area contributed by atoms with Gasteiger partial charge in [-0.2, -0.15) is 0 Å². The maximum atomic E-state index is 13.4. The number of amides is 1. The molecule has 1 aromatic carbocycles. The van der Waals surface area contributed by atoms with Gasteiger partial charge < -0.3 is 4.90 Å². The highest BCUT2D eigenvalue weighted by Gasteiger charge is 2.46. The number of likely N-dealkylation sites (tertiary alicyclic amines) is 1. The second-order valence-electron chi connectivity index (χ2n) is 7.90. The smallest absolute Gasteiger partial charge is 0.234 e. The van der Waals surface area contributed by atoms with Crippen molar-refractivity contribution in [1.82, 2.24) is 9.88 Å². The van der Waals surface area contributed by atoms with Gasteiger partial charge in [-0.25, -0.2) is 4.39 Å². The van der Waals surface area contributed by atoms with Crippen molar-refractivity contribution < 1.29 is 9.18 Å². The highest BCUT2D eigenvalue weighted by atomic mass is 19.1. The van der Waals surface area contributed by atoms with E-state index in [0.29, 0.717) is 6.54 Å². The topological polar surface area (TPSA) is 36.4 Å². The number of carbonyl (C=O) groups excluding carboxylic acids is 1. The van der Waals surface area contributed by atoms with E-state index in [1.165, 1.54) is 12.1 Å². The molecule has 1 aromatic heterocycles. The third kappa shape index (κ3) is 3.74. The quantitative estimate of drug-likeness (QED) is 0.824. The zero-order valence-corrected chi connectivity index (χ0v) is 15.8. The van der Waals surface area contributed by atoms with E-state index in [4.69, 9.17) is 0 Å². The Morgan fingerprint density at radius 3 is 2.56 bits per heavy atom. The van der Waals surface area contributed by atoms with E-state index in [0.717, 1.165) is 62.4 Å². The number of pyridine rings is 1. The van der Waals surface area contributed by atoms with Crippen LogP contribution in [0.25, 0.3) is 0 Å². The molecule has 1 atom stereocenters. The van der Waals surface area contributed by atoms with Crippen molar-refractivity contribution in [3.8, 4) is 0 Å². The molecule has 142 valence electrons. The third-order valence-corrected chi connectivity index (χ3v) is 5.86. The summed E-state index contributed by atoms with van der Waals surface area (Å²) in [6.45, 7) is 5.28. The summed E-state index contributed by atoms with van der Waals surface area (Å²) < 4.78 is 13.3. The third-order valence-electron chi connectivity index (χ3n) is 5.86. The minimum absolute atomic E-state index is 0.197. The van der Waals surface area contributed by atoms with E-state index in [9.17, 15) is 9.18 Å². The van der Waals surface area contributed by atoms with Gasteiger partial charge >= 0.3 is 0 Å². The van der Waals surface area contributed by atoms with E-state index in [2.05, 4.69) is 16.0 Å². The van der Waals surface area contributed by atoms with Crippen LogP contribution in [0.4, 0.5) is 10.1 Å². The minimum Gasteiger partial charge on any atom is -0.312 e. The number of hydrogen-bond acceptors (Lipinski definition) is 3. The average molecular weight is 367 g/mol. The molecule has 4 nitrogen and oxygen atoms in total. The summed E-state index contributed by atoms with van der Waals surface area (Å²) >= 11 is 0. The Balaban J connectivity index is 1.52. The molecule has 5 heteroatoms. The molecule has 2 aromatic rings. The molecule has 1 unspecified atom stereocenters. The molecule has 2 fully saturated rings. The zero-order chi connectivity index (χ0) is 18.9. The van der Waals surface area contributed by atoms with E-state index in [1.54, 1.807) is 12.1 Å². The van der Waals surface area contributed by atoms with Crippen LogP contribution in [-0.2, 0) is 11.3 Å². The SMILES string of the molecule is Cc1cccc(CN2CCCC3(CCCN(c4ccc(F)cc4)C3=O)C2)n1. The fourth-order valence-corrected chi connectivity index (χ4v) is 4.60. The lowest BCUT2D eigenvalue weighted by Gasteiger charge is -2.47. The summed E-state index contributed by atoms with van der Waals surface area (Å²) in [7, 11) is 0. The molecule has 0 aliphatic carbocycles. The molecule has 2 saturated heterocycles. The van der Waals surface area contributed by atoms with Crippen LogP contribution < -0.4 is 4.90 Å². The molecule has 0 saturated carbocycles. The first kappa shape index (κ1) is 18.1. The van der Waals surface area contributed by atoms with Crippen LogP contribution in [0, 0.1) is 18.2 Å². The van der Waals surface area contributed by atoms with Crippen LogP contribution in [0.15, 0.2) is 42.5 Å². The van der Waals surface area contributed by atoms with Crippen LogP contribution in [0.2, 0.25) is 0 Å². The molecular weight excluding hydrogens is 341 g/mol. The summed E-state index contributed by atoms with van der Waals surface area (Å²) in [6, 6.07) is 12.4. The van der Waals surface area contributed by atoms with Gasteiger partial charge in [0.15, 0.2) is 0 Å². The Labute approximate surface area is 160 Å². The summed E-state index contributed by atoms with van der Waals surface area (Å²) in [5.74, 6) is -0.0744. The van der Waals surface area contributed by atoms with Gasteiger partial charge in [0.05, 0.1) is 11.1 Å². The van der Waals surface area contributed by atoms with Crippen molar-refractivity contribution in [3.05, 3.63) is 59.7 Å². The number of aromatic nitrogens is 1. The predicted molar refractivity (Wildman–Crippen MR) is 104 cm³/mol. The Bertz CT molecular complexity index is 819. The van der Waals surface area contributed by atoms with Gasteiger partial charge in [0, 0.05) is 31.0 Å².